The van der Waals surface area contributed by atoms with E-state index in [0.717, 1.165) is 11.3 Å². The molecule has 34 heavy (non-hydrogen) atoms. The predicted molar refractivity (Wildman–Crippen MR) is 126 cm³/mol. The summed E-state index contributed by atoms with van der Waals surface area (Å²) in [4.78, 5) is 46.6. The van der Waals surface area contributed by atoms with Gasteiger partial charge in [0.05, 0.1) is 31.3 Å². The molecule has 3 aromatic heterocycles. The van der Waals surface area contributed by atoms with Crippen molar-refractivity contribution in [2.24, 2.45) is 0 Å². The lowest BCUT2D eigenvalue weighted by molar-refractivity contribution is -0.147. The summed E-state index contributed by atoms with van der Waals surface area (Å²) in [6, 6.07) is 3.56. The molecule has 2 N–H and O–H groups in total. The topological polar surface area (TPSA) is 135 Å². The van der Waals surface area contributed by atoms with Gasteiger partial charge >= 0.3 is 11.9 Å². The zero-order chi connectivity index (χ0) is 24.7. The smallest absolute Gasteiger partial charge is 0.348 e. The first-order chi connectivity index (χ1) is 16.3. The standard InChI is InChI=1S/C23H29N3O7S/c1-4-7-18(28)33-13-15(27)10-26(11-16-8-6-9-32-16)12-17-24-21(29)19-14(3)20(23(30)31-5-2)34-22(19)25-17/h6,8-9,15,27H,4-5,7,10-13H2,1-3H3,(H,24,25,29). The molecule has 1 atom stereocenters. The van der Waals surface area contributed by atoms with Crippen LogP contribution in [0.15, 0.2) is 27.6 Å². The highest BCUT2D eigenvalue weighted by Crippen LogP contribution is 2.27. The van der Waals surface area contributed by atoms with Crippen molar-refractivity contribution in [1.29, 1.82) is 0 Å². The first-order valence-electron chi connectivity index (χ1n) is 11.1. The number of carbonyl (C=O) groups excluding carboxylic acids is 2. The average molecular weight is 492 g/mol. The Morgan fingerprint density at radius 2 is 2.09 bits per heavy atom. The van der Waals surface area contributed by atoms with Gasteiger partial charge in [-0.25, -0.2) is 9.78 Å². The molecule has 0 amide bonds. The Bertz CT molecular complexity index is 1170. The lowest BCUT2D eigenvalue weighted by Gasteiger charge is -2.23. The van der Waals surface area contributed by atoms with Crippen molar-refractivity contribution in [2.75, 3.05) is 19.8 Å². The lowest BCUT2D eigenvalue weighted by atomic mass is 10.2. The first kappa shape index (κ1) is 25.6. The quantitative estimate of drug-likeness (QED) is 0.367. The van der Waals surface area contributed by atoms with Gasteiger partial charge in [-0.05, 0) is 38.0 Å². The number of furan rings is 1. The molecule has 0 aliphatic carbocycles. The number of H-pyrrole nitrogens is 1. The van der Waals surface area contributed by atoms with Gasteiger partial charge in [0.15, 0.2) is 0 Å². The van der Waals surface area contributed by atoms with Crippen LogP contribution in [0.4, 0.5) is 0 Å². The summed E-state index contributed by atoms with van der Waals surface area (Å²) in [6.45, 7) is 6.07. The summed E-state index contributed by atoms with van der Waals surface area (Å²) in [7, 11) is 0. The van der Waals surface area contributed by atoms with Crippen LogP contribution in [0.3, 0.4) is 0 Å². The molecule has 0 aliphatic heterocycles. The van der Waals surface area contributed by atoms with E-state index >= 15 is 0 Å². The lowest BCUT2D eigenvalue weighted by Crippen LogP contribution is -2.35. The van der Waals surface area contributed by atoms with Crippen LogP contribution in [0.5, 0.6) is 0 Å². The molecule has 3 aromatic rings. The van der Waals surface area contributed by atoms with E-state index in [2.05, 4.69) is 9.97 Å². The Morgan fingerprint density at radius 1 is 1.29 bits per heavy atom. The molecule has 1 unspecified atom stereocenters. The number of aromatic amines is 1. The number of aromatic nitrogens is 2. The van der Waals surface area contributed by atoms with Crippen molar-refractivity contribution in [1.82, 2.24) is 14.9 Å². The van der Waals surface area contributed by atoms with Gasteiger partial charge in [0.1, 0.15) is 34.0 Å². The van der Waals surface area contributed by atoms with E-state index in [1.165, 1.54) is 0 Å². The van der Waals surface area contributed by atoms with Crippen molar-refractivity contribution in [2.45, 2.75) is 52.8 Å². The van der Waals surface area contributed by atoms with E-state index in [1.54, 1.807) is 32.2 Å². The summed E-state index contributed by atoms with van der Waals surface area (Å²) >= 11 is 1.11. The van der Waals surface area contributed by atoms with Crippen LogP contribution in [0.1, 0.15) is 53.5 Å². The maximum Gasteiger partial charge on any atom is 0.348 e. The minimum Gasteiger partial charge on any atom is -0.468 e. The average Bonchev–Trinajstić information content (AvgIpc) is 3.40. The number of hydrogen-bond donors (Lipinski definition) is 2. The highest BCUT2D eigenvalue weighted by atomic mass is 32.1. The van der Waals surface area contributed by atoms with Crippen LogP contribution in [-0.4, -0.2) is 57.8 Å². The van der Waals surface area contributed by atoms with E-state index in [-0.39, 0.29) is 37.8 Å². The van der Waals surface area contributed by atoms with E-state index in [9.17, 15) is 19.5 Å². The number of nitrogens with zero attached hydrogens (tertiary/aromatic N) is 2. The number of carbonyl (C=O) groups is 2. The summed E-state index contributed by atoms with van der Waals surface area (Å²) < 4.78 is 15.6. The van der Waals surface area contributed by atoms with E-state index in [0.29, 0.717) is 51.6 Å². The third kappa shape index (κ3) is 6.52. The number of hydrogen-bond acceptors (Lipinski definition) is 10. The molecule has 0 aliphatic rings. The highest BCUT2D eigenvalue weighted by molar-refractivity contribution is 7.20. The van der Waals surface area contributed by atoms with Gasteiger partial charge in [-0.3, -0.25) is 14.5 Å². The monoisotopic (exact) mass is 491 g/mol. The van der Waals surface area contributed by atoms with Gasteiger partial charge in [-0.2, -0.15) is 0 Å². The summed E-state index contributed by atoms with van der Waals surface area (Å²) in [5.41, 5.74) is 0.187. The Kier molecular flexibility index (Phi) is 8.97. The molecule has 10 nitrogen and oxygen atoms in total. The Balaban J connectivity index is 1.80. The largest absolute Gasteiger partial charge is 0.468 e. The molecule has 0 spiro atoms. The summed E-state index contributed by atoms with van der Waals surface area (Å²) in [5.74, 6) is 0.191. The molecule has 3 heterocycles. The minimum atomic E-state index is -0.939. The van der Waals surface area contributed by atoms with E-state index in [4.69, 9.17) is 13.9 Å². The predicted octanol–water partition coefficient (Wildman–Crippen LogP) is 2.77. The van der Waals surface area contributed by atoms with Gasteiger partial charge in [0, 0.05) is 13.0 Å². The number of ether oxygens (including phenoxy) is 2. The SMILES string of the molecule is CCCC(=O)OCC(O)CN(Cc1nc2sc(C(=O)OCC)c(C)c2c(=O)[nH]1)Cc1ccco1. The number of aliphatic hydroxyl groups excluding tert-OH is 1. The zero-order valence-corrected chi connectivity index (χ0v) is 20.3. The van der Waals surface area contributed by atoms with Crippen molar-refractivity contribution >= 4 is 33.5 Å². The zero-order valence-electron chi connectivity index (χ0n) is 19.5. The molecular formula is C23H29N3O7S. The maximum absolute atomic E-state index is 12.8. The fourth-order valence-corrected chi connectivity index (χ4v) is 4.59. The first-order valence-corrected chi connectivity index (χ1v) is 11.9. The molecule has 0 fully saturated rings. The molecule has 184 valence electrons. The molecule has 11 heteroatoms. The molecule has 0 saturated heterocycles. The second-order valence-electron chi connectivity index (χ2n) is 7.81. The molecule has 0 radical (unpaired) electrons. The summed E-state index contributed by atoms with van der Waals surface area (Å²) in [6.07, 6.45) is 1.57. The van der Waals surface area contributed by atoms with Gasteiger partial charge in [-0.1, -0.05) is 6.92 Å². The molecule has 0 bridgehead atoms. The van der Waals surface area contributed by atoms with Gasteiger partial charge < -0.3 is 24.0 Å². The van der Waals surface area contributed by atoms with Gasteiger partial charge in [0.25, 0.3) is 5.56 Å². The highest BCUT2D eigenvalue weighted by Gasteiger charge is 2.22. The van der Waals surface area contributed by atoms with Crippen molar-refractivity contribution in [3.63, 3.8) is 0 Å². The van der Waals surface area contributed by atoms with Crippen molar-refractivity contribution < 1.29 is 28.6 Å². The fraction of sp³-hybridized carbons (Fsp3) is 0.478. The molecule has 3 rings (SSSR count). The Hall–Kier alpha value is -3.02. The number of thiophene rings is 1. The number of aliphatic hydroxyl groups is 1. The molecule has 0 saturated carbocycles. The molecular weight excluding hydrogens is 462 g/mol. The Labute approximate surface area is 200 Å². The third-order valence-corrected chi connectivity index (χ3v) is 6.17. The van der Waals surface area contributed by atoms with E-state index in [1.807, 2.05) is 11.8 Å². The maximum atomic E-state index is 12.8. The van der Waals surface area contributed by atoms with Crippen molar-refractivity contribution in [3.05, 3.63) is 50.8 Å². The number of esters is 2. The van der Waals surface area contributed by atoms with Gasteiger partial charge in [-0.15, -0.1) is 11.3 Å². The number of aryl methyl sites for hydroxylation is 1. The third-order valence-electron chi connectivity index (χ3n) is 5.00. The number of rotatable bonds is 12. The van der Waals surface area contributed by atoms with Crippen molar-refractivity contribution in [3.8, 4) is 0 Å². The second kappa shape index (κ2) is 11.9. The normalized spacial score (nSPS) is 12.3. The van der Waals surface area contributed by atoms with Crippen LogP contribution in [0, 0.1) is 6.92 Å². The van der Waals surface area contributed by atoms with Crippen LogP contribution < -0.4 is 5.56 Å². The van der Waals surface area contributed by atoms with Crippen LogP contribution in [0.25, 0.3) is 10.2 Å². The fourth-order valence-electron chi connectivity index (χ4n) is 3.49. The van der Waals surface area contributed by atoms with Crippen LogP contribution in [-0.2, 0) is 27.4 Å². The van der Waals surface area contributed by atoms with Crippen LogP contribution >= 0.6 is 11.3 Å². The van der Waals surface area contributed by atoms with Crippen LogP contribution in [0.2, 0.25) is 0 Å². The number of nitrogens with one attached hydrogen (secondary N) is 1. The van der Waals surface area contributed by atoms with Gasteiger partial charge in [0.2, 0.25) is 0 Å². The Morgan fingerprint density at radius 3 is 2.76 bits per heavy atom. The minimum absolute atomic E-state index is 0.135. The number of fused-ring (bicyclic) bond motifs is 1. The van der Waals surface area contributed by atoms with E-state index < -0.39 is 12.1 Å². The second-order valence-corrected chi connectivity index (χ2v) is 8.80. The molecule has 0 aromatic carbocycles. The summed E-state index contributed by atoms with van der Waals surface area (Å²) in [5, 5.41) is 10.8.